The Hall–Kier alpha value is -7.14. The van der Waals surface area contributed by atoms with Crippen molar-refractivity contribution in [2.45, 2.75) is 197 Å². The minimum atomic E-state index is -4.77. The van der Waals surface area contributed by atoms with Gasteiger partial charge in [-0.2, -0.15) is 13.2 Å². The molecular formula is C68H104ClF3N12O14. The highest BCUT2D eigenvalue weighted by molar-refractivity contribution is 6.31. The average Bonchev–Trinajstić information content (AvgIpc) is 0.873. The van der Waals surface area contributed by atoms with Gasteiger partial charge in [0.15, 0.2) is 0 Å². The molecule has 3 saturated heterocycles. The second-order valence-corrected chi connectivity index (χ2v) is 27.6. The van der Waals surface area contributed by atoms with Gasteiger partial charge in [-0.15, -0.1) is 0 Å². The Balaban J connectivity index is 1.43. The van der Waals surface area contributed by atoms with Crippen LogP contribution in [0.15, 0.2) is 18.2 Å². The lowest BCUT2D eigenvalue weighted by molar-refractivity contribution is -0.158. The number of ether oxygens (including phenoxy) is 2. The minimum absolute atomic E-state index is 0.0163. The normalized spacial score (nSPS) is 26.1. The quantitative estimate of drug-likeness (QED) is 0.239. The van der Waals surface area contributed by atoms with E-state index in [9.17, 15) is 51.5 Å². The SMILES string of the molecule is CCCOC[C@H]1C(=O)N(C)CC(=O)N[C@@H](CCc2ccc(C(F)(F)F)c(Cl)c2)C(=O)N2CCC[C@H]2C(=O)NC2(CCCC2)C(=O)N(C)[C@@H](C2CCCCC2)C(=O)N(C)[C@H](C(=O)N2CCOCC2)CC(=O)N(C)[C@@H](CCC)C(=O)N[C@@H]([C@@H](C)CC)C(=O)N(C)CC(=O)N(C)CC(=O)N1C. The van der Waals surface area contributed by atoms with E-state index in [1.807, 2.05) is 20.8 Å². The highest BCUT2D eigenvalue weighted by Crippen LogP contribution is 2.38. The van der Waals surface area contributed by atoms with Gasteiger partial charge in [0.2, 0.25) is 70.9 Å². The molecule has 3 heterocycles. The monoisotopic (exact) mass is 1400 g/mol. The molecule has 6 rings (SSSR count). The van der Waals surface area contributed by atoms with E-state index in [1.165, 1.54) is 79.9 Å². The average molecular weight is 1410 g/mol. The van der Waals surface area contributed by atoms with Crippen molar-refractivity contribution >= 4 is 82.5 Å². The van der Waals surface area contributed by atoms with Gasteiger partial charge in [-0.3, -0.25) is 57.5 Å². The highest BCUT2D eigenvalue weighted by Gasteiger charge is 2.51. The molecular weight excluding hydrogens is 1300 g/mol. The van der Waals surface area contributed by atoms with Gasteiger partial charge >= 0.3 is 6.18 Å². The molecule has 3 aliphatic heterocycles. The third-order valence-electron chi connectivity index (χ3n) is 20.2. The summed E-state index contributed by atoms with van der Waals surface area (Å²) in [5.74, 6) is -9.24. The fraction of sp³-hybridized carbons (Fsp3) is 0.735. The molecule has 0 bridgehead atoms. The van der Waals surface area contributed by atoms with Gasteiger partial charge in [-0.25, -0.2) is 0 Å². The molecule has 1 aromatic carbocycles. The lowest BCUT2D eigenvalue weighted by Gasteiger charge is -2.43. The Bertz CT molecular complexity index is 3020. The number of halogens is 4. The number of fused-ring (bicyclic) bond motifs is 1. The zero-order valence-electron chi connectivity index (χ0n) is 59.0. The van der Waals surface area contributed by atoms with Crippen LogP contribution < -0.4 is 16.0 Å². The predicted molar refractivity (Wildman–Crippen MR) is 356 cm³/mol. The molecule has 26 nitrogen and oxygen atoms in total. The summed E-state index contributed by atoms with van der Waals surface area (Å²) in [6, 6.07) is -5.98. The molecule has 5 aliphatic rings. The Morgan fingerprint density at radius 2 is 1.31 bits per heavy atom. The van der Waals surface area contributed by atoms with Gasteiger partial charge < -0.3 is 69.5 Å². The third kappa shape index (κ3) is 20.1. The zero-order chi connectivity index (χ0) is 72.5. The molecule has 98 heavy (non-hydrogen) atoms. The largest absolute Gasteiger partial charge is 0.417 e. The summed E-state index contributed by atoms with van der Waals surface area (Å²) in [6.07, 6.45) is 0.882. The summed E-state index contributed by atoms with van der Waals surface area (Å²) in [6.45, 7) is 5.87. The van der Waals surface area contributed by atoms with E-state index < -0.39 is 173 Å². The first-order chi connectivity index (χ1) is 46.3. The molecule has 0 unspecified atom stereocenters. The van der Waals surface area contributed by atoms with Crippen LogP contribution in [0.25, 0.3) is 0 Å². The Morgan fingerprint density at radius 3 is 1.92 bits per heavy atom. The number of benzene rings is 1. The lowest BCUT2D eigenvalue weighted by Crippen LogP contribution is -2.65. The van der Waals surface area contributed by atoms with Crippen molar-refractivity contribution in [2.24, 2.45) is 11.8 Å². The number of aryl methyl sites for hydroxylation is 1. The molecule has 1 aromatic rings. The number of carbonyl (C=O) groups excluding carboxylic acids is 12. The molecule has 0 aromatic heterocycles. The Morgan fingerprint density at radius 1 is 0.673 bits per heavy atom. The molecule has 2 aliphatic carbocycles. The molecule has 548 valence electrons. The highest BCUT2D eigenvalue weighted by atomic mass is 35.5. The number of amides is 12. The summed E-state index contributed by atoms with van der Waals surface area (Å²) in [4.78, 5) is 188. The maximum absolute atomic E-state index is 15.7. The molecule has 3 N–H and O–H groups in total. The van der Waals surface area contributed by atoms with E-state index in [-0.39, 0.29) is 90.2 Å². The number of hydrogen-bond donors (Lipinski definition) is 3. The smallest absolute Gasteiger partial charge is 0.379 e. The van der Waals surface area contributed by atoms with Crippen LogP contribution in [0.1, 0.15) is 148 Å². The fourth-order valence-corrected chi connectivity index (χ4v) is 14.2. The van der Waals surface area contributed by atoms with Crippen LogP contribution in [0.4, 0.5) is 13.2 Å². The van der Waals surface area contributed by atoms with E-state index >= 15 is 19.2 Å². The van der Waals surface area contributed by atoms with Crippen molar-refractivity contribution in [2.75, 3.05) is 115 Å². The van der Waals surface area contributed by atoms with Crippen molar-refractivity contribution in [1.82, 2.24) is 60.0 Å². The van der Waals surface area contributed by atoms with E-state index in [2.05, 4.69) is 16.0 Å². The molecule has 1 spiro atoms. The lowest BCUT2D eigenvalue weighted by atomic mass is 9.81. The van der Waals surface area contributed by atoms with Crippen LogP contribution in [0.5, 0.6) is 0 Å². The number of nitrogens with zero attached hydrogens (tertiary/aromatic N) is 9. The van der Waals surface area contributed by atoms with Crippen molar-refractivity contribution in [3.63, 3.8) is 0 Å². The first kappa shape index (κ1) is 79.8. The van der Waals surface area contributed by atoms with Gasteiger partial charge in [0.25, 0.3) is 0 Å². The van der Waals surface area contributed by atoms with Crippen LogP contribution in [0.2, 0.25) is 5.02 Å². The minimum Gasteiger partial charge on any atom is -0.379 e. The number of nitrogens with one attached hydrogen (secondary N) is 3. The summed E-state index contributed by atoms with van der Waals surface area (Å²) >= 11 is 6.13. The van der Waals surface area contributed by atoms with E-state index in [0.717, 1.165) is 51.0 Å². The van der Waals surface area contributed by atoms with Gasteiger partial charge in [0.1, 0.15) is 47.8 Å². The van der Waals surface area contributed by atoms with Crippen molar-refractivity contribution in [3.05, 3.63) is 34.3 Å². The number of carbonyl (C=O) groups is 12. The molecule has 5 fully saturated rings. The summed E-state index contributed by atoms with van der Waals surface area (Å²) in [7, 11) is 9.62. The Labute approximate surface area is 578 Å². The summed E-state index contributed by atoms with van der Waals surface area (Å²) < 4.78 is 52.8. The Kier molecular flexibility index (Phi) is 29.6. The fourth-order valence-electron chi connectivity index (χ4n) is 13.9. The first-order valence-corrected chi connectivity index (χ1v) is 35.0. The van der Waals surface area contributed by atoms with Crippen LogP contribution in [0.3, 0.4) is 0 Å². The maximum atomic E-state index is 15.7. The standard InChI is InChI=1S/C68H104ClF3N12O14/c1-12-21-49-59(89)74-57(43(4)14-3)64(94)78(7)40-55(87)76(5)41-56(88)80(9)52(42-98-34-13-2)62(92)77(6)39-53(85)73-48(28-26-44-25-27-46(47(69)37-44)68(70,71)72)61(91)84-31-20-24-50(84)60(90)75-67(29-18-19-30-67)66(96)82(11)58(45-22-16-15-17-23-45)65(95)81(10)51(38-54(86)79(49)8)63(93)83-32-35-97-36-33-83/h25,27,37,43,45,48-52,57-58H,12-24,26,28-36,38-42H2,1-11H3,(H,73,85)(H,74,89)(H,75,90)/t43-,48-,49-,50-,51-,52-,57-,58-/m0/s1. The van der Waals surface area contributed by atoms with E-state index in [1.54, 1.807) is 6.92 Å². The van der Waals surface area contributed by atoms with Gasteiger partial charge in [0.05, 0.1) is 56.5 Å². The van der Waals surface area contributed by atoms with Crippen molar-refractivity contribution in [3.8, 4) is 0 Å². The number of rotatable bonds is 13. The van der Waals surface area contributed by atoms with Crippen LogP contribution in [-0.2, 0) is 79.6 Å². The van der Waals surface area contributed by atoms with E-state index in [4.69, 9.17) is 21.1 Å². The number of likely N-dealkylation sites (N-methyl/N-ethyl adjacent to an activating group) is 7. The van der Waals surface area contributed by atoms with Gasteiger partial charge in [-0.1, -0.05) is 90.3 Å². The third-order valence-corrected chi connectivity index (χ3v) is 20.5. The molecule has 2 saturated carbocycles. The van der Waals surface area contributed by atoms with Crippen molar-refractivity contribution < 1.29 is 80.2 Å². The van der Waals surface area contributed by atoms with Crippen LogP contribution in [-0.4, -0.2) is 278 Å². The summed E-state index contributed by atoms with van der Waals surface area (Å²) in [5, 5.41) is 8.02. The molecule has 0 radical (unpaired) electrons. The van der Waals surface area contributed by atoms with Crippen molar-refractivity contribution in [1.29, 1.82) is 0 Å². The number of hydrogen-bond acceptors (Lipinski definition) is 14. The zero-order valence-corrected chi connectivity index (χ0v) is 59.7. The van der Waals surface area contributed by atoms with E-state index in [0.29, 0.717) is 51.4 Å². The van der Waals surface area contributed by atoms with Gasteiger partial charge in [-0.05, 0) is 93.7 Å². The summed E-state index contributed by atoms with van der Waals surface area (Å²) in [5.41, 5.74) is -2.39. The second-order valence-electron chi connectivity index (χ2n) is 27.2. The van der Waals surface area contributed by atoms with Gasteiger partial charge in [0, 0.05) is 75.6 Å². The first-order valence-electron chi connectivity index (χ1n) is 34.6. The molecule has 12 amide bonds. The molecule has 30 heteroatoms. The van der Waals surface area contributed by atoms with Crippen LogP contribution in [0, 0.1) is 11.8 Å². The number of alkyl halides is 3. The predicted octanol–water partition coefficient (Wildman–Crippen LogP) is 3.48. The number of morpholine rings is 1. The molecule has 8 atom stereocenters. The van der Waals surface area contributed by atoms with Crippen LogP contribution >= 0.6 is 11.6 Å². The maximum Gasteiger partial charge on any atom is 0.417 e. The second kappa shape index (κ2) is 36.3. The topological polar surface area (TPSA) is 289 Å².